The Bertz CT molecular complexity index is 988. The van der Waals surface area contributed by atoms with Crippen LogP contribution in [0.5, 0.6) is 0 Å². The molecule has 0 spiro atoms. The molecule has 29 heavy (non-hydrogen) atoms. The normalized spacial score (nSPS) is 10.6. The topological polar surface area (TPSA) is 68.4 Å². The lowest BCUT2D eigenvalue weighted by Gasteiger charge is -2.08. The van der Waals surface area contributed by atoms with E-state index in [-0.39, 0.29) is 24.3 Å². The van der Waals surface area contributed by atoms with E-state index in [1.54, 1.807) is 13.8 Å². The molecule has 0 atom stereocenters. The average molecular weight is 391 g/mol. The average Bonchev–Trinajstić information content (AvgIpc) is 3.09. The van der Waals surface area contributed by atoms with Crippen molar-refractivity contribution in [3.8, 4) is 11.3 Å². The van der Waals surface area contributed by atoms with Gasteiger partial charge in [0, 0.05) is 12.1 Å². The zero-order valence-corrected chi connectivity index (χ0v) is 17.0. The van der Waals surface area contributed by atoms with Gasteiger partial charge in [-0.15, -0.1) is 0 Å². The summed E-state index contributed by atoms with van der Waals surface area (Å²) in [5.74, 6) is -1.07. The van der Waals surface area contributed by atoms with Gasteiger partial charge in [-0.1, -0.05) is 60.2 Å². The van der Waals surface area contributed by atoms with E-state index in [4.69, 9.17) is 9.47 Å². The summed E-state index contributed by atoms with van der Waals surface area (Å²) in [4.78, 5) is 29.0. The van der Waals surface area contributed by atoms with E-state index in [0.717, 1.165) is 16.7 Å². The maximum absolute atomic E-state index is 12.9. The number of ether oxygens (including phenoxy) is 2. The number of carbonyl (C=O) groups is 2. The molecule has 0 saturated carbocycles. The SMILES string of the molecule is CCOC(=O)c1c(Cc2ccccc2)[nH]c(-c2ccc(C)cc2)c1C(=O)OCC. The Hall–Kier alpha value is -3.34. The third kappa shape index (κ3) is 4.57. The van der Waals surface area contributed by atoms with Crippen LogP contribution in [-0.4, -0.2) is 30.1 Å². The molecule has 1 heterocycles. The van der Waals surface area contributed by atoms with E-state index >= 15 is 0 Å². The number of aromatic nitrogens is 1. The van der Waals surface area contributed by atoms with E-state index < -0.39 is 11.9 Å². The Balaban J connectivity index is 2.20. The van der Waals surface area contributed by atoms with E-state index in [1.807, 2.05) is 61.5 Å². The number of rotatable bonds is 7. The van der Waals surface area contributed by atoms with Crippen LogP contribution in [0.25, 0.3) is 11.3 Å². The summed E-state index contributed by atoms with van der Waals surface area (Å²) in [6.07, 6.45) is 0.466. The number of benzene rings is 2. The number of aromatic amines is 1. The van der Waals surface area contributed by atoms with E-state index in [0.29, 0.717) is 17.8 Å². The second-order valence-corrected chi connectivity index (χ2v) is 6.70. The van der Waals surface area contributed by atoms with Gasteiger partial charge in [0.1, 0.15) is 0 Å². The second kappa shape index (κ2) is 9.24. The van der Waals surface area contributed by atoms with Crippen molar-refractivity contribution in [2.45, 2.75) is 27.2 Å². The minimum absolute atomic E-state index is 0.216. The zero-order valence-electron chi connectivity index (χ0n) is 17.0. The van der Waals surface area contributed by atoms with Crippen molar-refractivity contribution < 1.29 is 19.1 Å². The highest BCUT2D eigenvalue weighted by Gasteiger charge is 2.30. The summed E-state index contributed by atoms with van der Waals surface area (Å²) in [6.45, 7) is 5.91. The summed E-state index contributed by atoms with van der Waals surface area (Å²) in [7, 11) is 0. The highest BCUT2D eigenvalue weighted by molar-refractivity contribution is 6.08. The standard InChI is InChI=1S/C24H25NO4/c1-4-28-23(26)20-19(15-17-9-7-6-8-10-17)25-22(21(20)24(27)29-5-2)18-13-11-16(3)12-14-18/h6-14,25H,4-5,15H2,1-3H3. The lowest BCUT2D eigenvalue weighted by Crippen LogP contribution is -2.14. The summed E-state index contributed by atoms with van der Waals surface area (Å²) in [5, 5.41) is 0. The molecular formula is C24H25NO4. The fourth-order valence-electron chi connectivity index (χ4n) is 3.26. The van der Waals surface area contributed by atoms with Crippen molar-refractivity contribution in [3.05, 3.63) is 82.5 Å². The van der Waals surface area contributed by atoms with Crippen molar-refractivity contribution in [2.24, 2.45) is 0 Å². The van der Waals surface area contributed by atoms with Crippen molar-refractivity contribution in [1.29, 1.82) is 0 Å². The van der Waals surface area contributed by atoms with E-state index in [1.165, 1.54) is 0 Å². The van der Waals surface area contributed by atoms with Crippen LogP contribution in [-0.2, 0) is 15.9 Å². The number of H-pyrrole nitrogens is 1. The van der Waals surface area contributed by atoms with Gasteiger partial charge in [0.05, 0.1) is 30.0 Å². The molecule has 0 radical (unpaired) electrons. The van der Waals surface area contributed by atoms with Gasteiger partial charge in [-0.2, -0.15) is 0 Å². The molecular weight excluding hydrogens is 366 g/mol. The van der Waals surface area contributed by atoms with Gasteiger partial charge in [0.25, 0.3) is 0 Å². The molecule has 5 nitrogen and oxygen atoms in total. The first kappa shape index (κ1) is 20.4. The Kier molecular flexibility index (Phi) is 6.50. The Labute approximate surface area is 170 Å². The van der Waals surface area contributed by atoms with Crippen LogP contribution in [0.15, 0.2) is 54.6 Å². The summed E-state index contributed by atoms with van der Waals surface area (Å²) >= 11 is 0. The van der Waals surface area contributed by atoms with Gasteiger partial charge < -0.3 is 14.5 Å². The molecule has 5 heteroatoms. The van der Waals surface area contributed by atoms with Crippen molar-refractivity contribution in [2.75, 3.05) is 13.2 Å². The van der Waals surface area contributed by atoms with Gasteiger partial charge >= 0.3 is 11.9 Å². The Morgan fingerprint density at radius 2 is 1.41 bits per heavy atom. The molecule has 0 bridgehead atoms. The Morgan fingerprint density at radius 1 is 0.828 bits per heavy atom. The third-order valence-electron chi connectivity index (χ3n) is 4.60. The monoisotopic (exact) mass is 391 g/mol. The smallest absolute Gasteiger partial charge is 0.341 e. The van der Waals surface area contributed by atoms with Crippen molar-refractivity contribution >= 4 is 11.9 Å². The zero-order chi connectivity index (χ0) is 20.8. The number of hydrogen-bond donors (Lipinski definition) is 1. The molecule has 3 aromatic rings. The lowest BCUT2D eigenvalue weighted by molar-refractivity contribution is 0.0480. The van der Waals surface area contributed by atoms with Crippen LogP contribution in [0.1, 0.15) is 51.4 Å². The van der Waals surface area contributed by atoms with Crippen LogP contribution in [0.3, 0.4) is 0 Å². The molecule has 0 saturated heterocycles. The van der Waals surface area contributed by atoms with Gasteiger partial charge in [0.2, 0.25) is 0 Å². The van der Waals surface area contributed by atoms with Crippen LogP contribution in [0, 0.1) is 6.92 Å². The molecule has 0 aliphatic carbocycles. The number of esters is 2. The molecule has 3 rings (SSSR count). The van der Waals surface area contributed by atoms with Crippen molar-refractivity contribution in [3.63, 3.8) is 0 Å². The van der Waals surface area contributed by atoms with Gasteiger partial charge in [-0.3, -0.25) is 0 Å². The van der Waals surface area contributed by atoms with Gasteiger partial charge in [-0.05, 0) is 31.9 Å². The molecule has 0 fully saturated rings. The van der Waals surface area contributed by atoms with Crippen molar-refractivity contribution in [1.82, 2.24) is 4.98 Å². The first-order chi connectivity index (χ1) is 14.0. The number of hydrogen-bond acceptors (Lipinski definition) is 4. The maximum atomic E-state index is 12.9. The largest absolute Gasteiger partial charge is 0.462 e. The number of nitrogens with one attached hydrogen (secondary N) is 1. The minimum atomic E-state index is -0.540. The Morgan fingerprint density at radius 3 is 2.00 bits per heavy atom. The first-order valence-corrected chi connectivity index (χ1v) is 9.75. The highest BCUT2D eigenvalue weighted by Crippen LogP contribution is 2.31. The number of carbonyl (C=O) groups excluding carboxylic acids is 2. The lowest BCUT2D eigenvalue weighted by atomic mass is 10.0. The molecule has 1 N–H and O–H groups in total. The first-order valence-electron chi connectivity index (χ1n) is 9.75. The van der Waals surface area contributed by atoms with E-state index in [2.05, 4.69) is 4.98 Å². The molecule has 0 aliphatic heterocycles. The van der Waals surface area contributed by atoms with Crippen LogP contribution in [0.4, 0.5) is 0 Å². The fraction of sp³-hybridized carbons (Fsp3) is 0.250. The summed E-state index contributed by atoms with van der Waals surface area (Å²) < 4.78 is 10.6. The van der Waals surface area contributed by atoms with Gasteiger partial charge in [0.15, 0.2) is 0 Å². The van der Waals surface area contributed by atoms with Gasteiger partial charge in [-0.25, -0.2) is 9.59 Å². The second-order valence-electron chi connectivity index (χ2n) is 6.70. The molecule has 2 aromatic carbocycles. The van der Waals surface area contributed by atoms with Crippen LogP contribution in [0.2, 0.25) is 0 Å². The number of aryl methyl sites for hydroxylation is 1. The van der Waals surface area contributed by atoms with E-state index in [9.17, 15) is 9.59 Å². The predicted octanol–water partition coefficient (Wildman–Crippen LogP) is 4.93. The quantitative estimate of drug-likeness (QED) is 0.580. The maximum Gasteiger partial charge on any atom is 0.341 e. The molecule has 1 aromatic heterocycles. The predicted molar refractivity (Wildman–Crippen MR) is 112 cm³/mol. The fourth-order valence-corrected chi connectivity index (χ4v) is 3.26. The molecule has 150 valence electrons. The minimum Gasteiger partial charge on any atom is -0.462 e. The summed E-state index contributed by atoms with van der Waals surface area (Å²) in [5.41, 5.74) is 4.59. The molecule has 0 aliphatic rings. The summed E-state index contributed by atoms with van der Waals surface area (Å²) in [6, 6.07) is 17.5. The molecule has 0 unspecified atom stereocenters. The third-order valence-corrected chi connectivity index (χ3v) is 4.60. The van der Waals surface area contributed by atoms with Crippen LogP contribution >= 0.6 is 0 Å². The molecule has 0 amide bonds. The van der Waals surface area contributed by atoms with Crippen LogP contribution < -0.4 is 0 Å². The highest BCUT2D eigenvalue weighted by atomic mass is 16.5.